The highest BCUT2D eigenvalue weighted by Gasteiger charge is 2.36. The molecular weight excluding hydrogens is 557 g/mol. The molecule has 1 aliphatic heterocycles. The Hall–Kier alpha value is -2.81. The summed E-state index contributed by atoms with van der Waals surface area (Å²) in [4.78, 5) is 28.7. The summed E-state index contributed by atoms with van der Waals surface area (Å²) in [5.74, 6) is -0.494. The monoisotopic (exact) mass is 589 g/mol. The van der Waals surface area contributed by atoms with E-state index in [0.717, 1.165) is 10.9 Å². The first-order valence-corrected chi connectivity index (χ1v) is 15.1. The summed E-state index contributed by atoms with van der Waals surface area (Å²) in [7, 11) is -3.71. The Morgan fingerprint density at radius 1 is 1.03 bits per heavy atom. The maximum atomic E-state index is 13.6. The van der Waals surface area contributed by atoms with Crippen molar-refractivity contribution in [2.24, 2.45) is 0 Å². The lowest BCUT2D eigenvalue weighted by molar-refractivity contribution is -0.142. The molecule has 0 saturated carbocycles. The van der Waals surface area contributed by atoms with Crippen LogP contribution in [0.25, 0.3) is 10.8 Å². The second-order valence-corrected chi connectivity index (χ2v) is 13.4. The minimum Gasteiger partial charge on any atom is -0.350 e. The molecule has 0 bridgehead atoms. The Balaban J connectivity index is 1.54. The van der Waals surface area contributed by atoms with E-state index in [0.29, 0.717) is 27.5 Å². The Morgan fingerprint density at radius 2 is 1.72 bits per heavy atom. The van der Waals surface area contributed by atoms with Gasteiger partial charge in [0.15, 0.2) is 0 Å². The summed E-state index contributed by atoms with van der Waals surface area (Å²) < 4.78 is 28.0. The molecule has 0 unspecified atom stereocenters. The number of carbonyl (C=O) groups is 2. The van der Waals surface area contributed by atoms with Crippen molar-refractivity contribution in [2.75, 3.05) is 10.8 Å². The molecule has 0 aliphatic carbocycles. The molecule has 3 aromatic carbocycles. The van der Waals surface area contributed by atoms with E-state index in [2.05, 4.69) is 5.32 Å². The smallest absolute Gasteiger partial charge is 0.265 e. The lowest BCUT2D eigenvalue weighted by Crippen LogP contribution is -2.53. The van der Waals surface area contributed by atoms with Crippen LogP contribution in [0.3, 0.4) is 0 Å². The topological polar surface area (TPSA) is 86.8 Å². The van der Waals surface area contributed by atoms with Gasteiger partial charge >= 0.3 is 0 Å². The SMILES string of the molecule is CC[C@@H](C(=O)NC(C)(C)C)N(Cc1ccc(Cl)c(Cl)c1)C(=O)CCCN1c2cccc3cccc(c23)S1(=O)=O. The third kappa shape index (κ3) is 6.18. The van der Waals surface area contributed by atoms with Gasteiger partial charge in [0.1, 0.15) is 6.04 Å². The van der Waals surface area contributed by atoms with Crippen LogP contribution in [0.15, 0.2) is 59.5 Å². The lowest BCUT2D eigenvalue weighted by Gasteiger charge is -2.33. The second kappa shape index (κ2) is 11.4. The molecule has 2 amide bonds. The van der Waals surface area contributed by atoms with E-state index in [1.165, 1.54) is 4.31 Å². The summed E-state index contributed by atoms with van der Waals surface area (Å²) in [5.41, 5.74) is 0.895. The number of halogens is 2. The summed E-state index contributed by atoms with van der Waals surface area (Å²) in [6, 6.07) is 15.2. The Bertz CT molecular complexity index is 1510. The molecule has 4 rings (SSSR count). The van der Waals surface area contributed by atoms with Gasteiger partial charge in [0.25, 0.3) is 10.0 Å². The average Bonchev–Trinajstić information content (AvgIpc) is 3.08. The van der Waals surface area contributed by atoms with Crippen molar-refractivity contribution in [1.29, 1.82) is 0 Å². The minimum atomic E-state index is -3.71. The fourth-order valence-electron chi connectivity index (χ4n) is 4.92. The molecule has 1 heterocycles. The minimum absolute atomic E-state index is 0.0684. The number of hydrogen-bond donors (Lipinski definition) is 1. The first-order chi connectivity index (χ1) is 18.3. The number of nitrogens with one attached hydrogen (secondary N) is 1. The lowest BCUT2D eigenvalue weighted by atomic mass is 10.0. The fraction of sp³-hybridized carbons (Fsp3) is 0.379. The van der Waals surface area contributed by atoms with Gasteiger partial charge in [-0.2, -0.15) is 0 Å². The van der Waals surface area contributed by atoms with Crippen LogP contribution in [0.1, 0.15) is 52.5 Å². The van der Waals surface area contributed by atoms with Crippen LogP contribution < -0.4 is 9.62 Å². The third-order valence-corrected chi connectivity index (χ3v) is 9.25. The van der Waals surface area contributed by atoms with Crippen LogP contribution in [0.4, 0.5) is 5.69 Å². The van der Waals surface area contributed by atoms with Crippen molar-refractivity contribution in [3.8, 4) is 0 Å². The van der Waals surface area contributed by atoms with E-state index < -0.39 is 21.6 Å². The van der Waals surface area contributed by atoms with E-state index >= 15 is 0 Å². The largest absolute Gasteiger partial charge is 0.350 e. The molecule has 0 aromatic heterocycles. The van der Waals surface area contributed by atoms with Gasteiger partial charge in [0, 0.05) is 30.4 Å². The first-order valence-electron chi connectivity index (χ1n) is 12.9. The number of hydrogen-bond acceptors (Lipinski definition) is 4. The van der Waals surface area contributed by atoms with Crippen molar-refractivity contribution in [2.45, 2.75) is 70.0 Å². The number of sulfonamides is 1. The van der Waals surface area contributed by atoms with Crippen LogP contribution in [0.5, 0.6) is 0 Å². The maximum absolute atomic E-state index is 13.6. The van der Waals surface area contributed by atoms with Gasteiger partial charge in [-0.25, -0.2) is 8.42 Å². The van der Waals surface area contributed by atoms with E-state index in [1.54, 1.807) is 41.3 Å². The zero-order chi connectivity index (χ0) is 28.5. The van der Waals surface area contributed by atoms with Crippen LogP contribution in [0.2, 0.25) is 10.0 Å². The van der Waals surface area contributed by atoms with E-state index in [-0.39, 0.29) is 42.6 Å². The Kier molecular flexibility index (Phi) is 8.50. The molecule has 0 radical (unpaired) electrons. The van der Waals surface area contributed by atoms with Gasteiger partial charge in [-0.15, -0.1) is 0 Å². The van der Waals surface area contributed by atoms with E-state index in [9.17, 15) is 18.0 Å². The third-order valence-electron chi connectivity index (χ3n) is 6.65. The van der Waals surface area contributed by atoms with Gasteiger partial charge in [0.05, 0.1) is 20.6 Å². The highest BCUT2D eigenvalue weighted by Crippen LogP contribution is 2.42. The molecule has 1 atom stereocenters. The molecule has 3 aromatic rings. The normalized spacial score (nSPS) is 14.9. The van der Waals surface area contributed by atoms with Gasteiger partial charge < -0.3 is 10.2 Å². The highest BCUT2D eigenvalue weighted by molar-refractivity contribution is 7.93. The molecule has 0 saturated heterocycles. The van der Waals surface area contributed by atoms with E-state index in [1.807, 2.05) is 45.9 Å². The van der Waals surface area contributed by atoms with Crippen LogP contribution >= 0.6 is 23.2 Å². The van der Waals surface area contributed by atoms with Gasteiger partial charge in [0.2, 0.25) is 11.8 Å². The predicted molar refractivity (Wildman–Crippen MR) is 157 cm³/mol. The summed E-state index contributed by atoms with van der Waals surface area (Å²) >= 11 is 12.3. The van der Waals surface area contributed by atoms with Crippen molar-refractivity contribution in [3.63, 3.8) is 0 Å². The zero-order valence-corrected chi connectivity index (χ0v) is 24.8. The molecule has 0 fully saturated rings. The molecular formula is C29H33Cl2N3O4S. The van der Waals surface area contributed by atoms with Gasteiger partial charge in [-0.1, -0.05) is 60.5 Å². The number of anilines is 1. The Morgan fingerprint density at radius 3 is 2.36 bits per heavy atom. The number of carbonyl (C=O) groups excluding carboxylic acids is 2. The summed E-state index contributed by atoms with van der Waals surface area (Å²) in [5, 5.41) is 5.30. The molecule has 10 heteroatoms. The van der Waals surface area contributed by atoms with Crippen molar-refractivity contribution in [3.05, 3.63) is 70.2 Å². The van der Waals surface area contributed by atoms with Crippen LogP contribution in [0, 0.1) is 0 Å². The number of amides is 2. The van der Waals surface area contributed by atoms with Crippen LogP contribution in [-0.4, -0.2) is 43.3 Å². The maximum Gasteiger partial charge on any atom is 0.265 e. The molecule has 0 spiro atoms. The summed E-state index contributed by atoms with van der Waals surface area (Å²) in [6.45, 7) is 7.83. The number of benzene rings is 3. The number of nitrogens with zero attached hydrogens (tertiary/aromatic N) is 2. The average molecular weight is 591 g/mol. The molecule has 7 nitrogen and oxygen atoms in total. The number of rotatable bonds is 9. The molecule has 208 valence electrons. The quantitative estimate of drug-likeness (QED) is 0.324. The summed E-state index contributed by atoms with van der Waals surface area (Å²) in [6.07, 6.45) is 0.767. The first kappa shape index (κ1) is 29.2. The standard InChI is InChI=1S/C29H33Cl2N3O4S/c1-5-23(28(36)32-29(2,3)4)33(18-19-14-15-21(30)22(31)17-19)26(35)13-8-16-34-24-11-6-9-20-10-7-12-25(27(20)24)39(34,37)38/h6-7,9-12,14-15,17,23H,5,8,13,16,18H2,1-4H3,(H,32,36)/t23-/m0/s1. The van der Waals surface area contributed by atoms with Crippen molar-refractivity contribution >= 4 is 61.5 Å². The van der Waals surface area contributed by atoms with E-state index in [4.69, 9.17) is 23.2 Å². The van der Waals surface area contributed by atoms with Crippen molar-refractivity contribution < 1.29 is 18.0 Å². The second-order valence-electron chi connectivity index (χ2n) is 10.7. The van der Waals surface area contributed by atoms with Gasteiger partial charge in [-0.3, -0.25) is 13.9 Å². The molecule has 1 aliphatic rings. The molecule has 1 N–H and O–H groups in total. The Labute approximate surface area is 240 Å². The van der Waals surface area contributed by atoms with Crippen molar-refractivity contribution in [1.82, 2.24) is 10.2 Å². The predicted octanol–water partition coefficient (Wildman–Crippen LogP) is 6.16. The zero-order valence-electron chi connectivity index (χ0n) is 22.5. The highest BCUT2D eigenvalue weighted by atomic mass is 35.5. The fourth-order valence-corrected chi connectivity index (χ4v) is 6.99. The molecule has 39 heavy (non-hydrogen) atoms. The van der Waals surface area contributed by atoms with Crippen LogP contribution in [-0.2, 0) is 26.2 Å². The van der Waals surface area contributed by atoms with Gasteiger partial charge in [-0.05, 0) is 68.8 Å².